The van der Waals surface area contributed by atoms with E-state index in [1.165, 1.54) is 16.1 Å². The molecule has 1 saturated heterocycles. The molecule has 1 aliphatic carbocycles. The number of nitrogens with zero attached hydrogens (tertiary/aromatic N) is 2. The van der Waals surface area contributed by atoms with Crippen LogP contribution < -0.4 is 0 Å². The van der Waals surface area contributed by atoms with Gasteiger partial charge in [0.05, 0.1) is 10.8 Å². The van der Waals surface area contributed by atoms with Crippen molar-refractivity contribution < 1.29 is 13.2 Å². The van der Waals surface area contributed by atoms with E-state index in [2.05, 4.69) is 0 Å². The van der Waals surface area contributed by atoms with Crippen LogP contribution in [0.5, 0.6) is 0 Å². The van der Waals surface area contributed by atoms with Crippen molar-refractivity contribution in [3.8, 4) is 0 Å². The molecular weight excluding hydrogens is 320 g/mol. The van der Waals surface area contributed by atoms with Crippen LogP contribution in [-0.2, 0) is 14.8 Å². The van der Waals surface area contributed by atoms with E-state index >= 15 is 0 Å². The highest BCUT2D eigenvalue weighted by atomic mass is 32.2. The molecule has 22 heavy (non-hydrogen) atoms. The van der Waals surface area contributed by atoms with Crippen LogP contribution in [0, 0.1) is 6.92 Å². The molecule has 1 heterocycles. The topological polar surface area (TPSA) is 57.7 Å². The molecular formula is C15H20N2O3S2. The molecule has 5 nitrogen and oxygen atoms in total. The van der Waals surface area contributed by atoms with E-state index in [0.29, 0.717) is 17.7 Å². The Hall–Kier alpha value is -1.05. The van der Waals surface area contributed by atoms with Gasteiger partial charge in [0.1, 0.15) is 6.04 Å². The number of benzene rings is 1. The van der Waals surface area contributed by atoms with Crippen molar-refractivity contribution in [2.45, 2.75) is 36.7 Å². The zero-order chi connectivity index (χ0) is 15.9. The van der Waals surface area contributed by atoms with Crippen molar-refractivity contribution in [3.05, 3.63) is 29.8 Å². The van der Waals surface area contributed by atoms with Gasteiger partial charge in [-0.1, -0.05) is 12.1 Å². The maximum absolute atomic E-state index is 12.9. The highest BCUT2D eigenvalue weighted by Gasteiger charge is 2.43. The minimum Gasteiger partial charge on any atom is -0.341 e. The molecule has 1 saturated carbocycles. The maximum Gasteiger partial charge on any atom is 0.244 e. The summed E-state index contributed by atoms with van der Waals surface area (Å²) in [6.07, 6.45) is 2.04. The van der Waals surface area contributed by atoms with Crippen molar-refractivity contribution in [1.29, 1.82) is 0 Å². The van der Waals surface area contributed by atoms with Crippen LogP contribution >= 0.6 is 11.8 Å². The summed E-state index contributed by atoms with van der Waals surface area (Å²) in [6, 6.07) is 6.56. The monoisotopic (exact) mass is 340 g/mol. The molecule has 1 aromatic carbocycles. The highest BCUT2D eigenvalue weighted by Crippen LogP contribution is 2.32. The molecule has 1 amide bonds. The Kier molecular flexibility index (Phi) is 4.22. The number of likely N-dealkylation sites (N-methyl/N-ethyl adjacent to an activating group) is 1. The van der Waals surface area contributed by atoms with E-state index in [1.807, 2.05) is 13.0 Å². The molecule has 2 aliphatic rings. The van der Waals surface area contributed by atoms with Crippen molar-refractivity contribution in [2.24, 2.45) is 0 Å². The van der Waals surface area contributed by atoms with Gasteiger partial charge in [-0.2, -0.15) is 4.31 Å². The molecule has 1 atom stereocenters. The van der Waals surface area contributed by atoms with Gasteiger partial charge in [0, 0.05) is 18.8 Å². The first-order valence-electron chi connectivity index (χ1n) is 7.34. The number of hydrogen-bond acceptors (Lipinski definition) is 4. The summed E-state index contributed by atoms with van der Waals surface area (Å²) in [5.74, 6) is 0.787. The van der Waals surface area contributed by atoms with Crippen LogP contribution in [0.3, 0.4) is 0 Å². The predicted octanol–water partition coefficient (Wildman–Crippen LogP) is 1.68. The molecule has 1 aromatic rings. The second kappa shape index (κ2) is 5.86. The Morgan fingerprint density at radius 1 is 1.36 bits per heavy atom. The number of carbonyl (C=O) groups is 1. The van der Waals surface area contributed by atoms with Gasteiger partial charge in [0.25, 0.3) is 0 Å². The van der Waals surface area contributed by atoms with Crippen molar-refractivity contribution in [3.63, 3.8) is 0 Å². The van der Waals surface area contributed by atoms with Gasteiger partial charge >= 0.3 is 0 Å². The van der Waals surface area contributed by atoms with Crippen LogP contribution in [0.4, 0.5) is 0 Å². The van der Waals surface area contributed by atoms with Gasteiger partial charge in [0.2, 0.25) is 15.9 Å². The molecule has 0 spiro atoms. The average Bonchev–Trinajstić information content (AvgIpc) is 3.21. The minimum atomic E-state index is -3.63. The van der Waals surface area contributed by atoms with E-state index in [-0.39, 0.29) is 10.8 Å². The summed E-state index contributed by atoms with van der Waals surface area (Å²) < 4.78 is 27.1. The lowest BCUT2D eigenvalue weighted by atomic mass is 10.2. The van der Waals surface area contributed by atoms with Crippen molar-refractivity contribution >= 4 is 27.7 Å². The number of thioether (sulfide) groups is 1. The number of carbonyl (C=O) groups excluding carboxylic acids is 1. The molecule has 0 aromatic heterocycles. The first-order chi connectivity index (χ1) is 10.4. The highest BCUT2D eigenvalue weighted by molar-refractivity contribution is 8.00. The second-order valence-corrected chi connectivity index (χ2v) is 8.79. The van der Waals surface area contributed by atoms with E-state index in [9.17, 15) is 13.2 Å². The maximum atomic E-state index is 12.9. The smallest absolute Gasteiger partial charge is 0.244 e. The largest absolute Gasteiger partial charge is 0.341 e. The molecule has 2 fully saturated rings. The molecule has 120 valence electrons. The summed E-state index contributed by atoms with van der Waals surface area (Å²) >= 11 is 1.49. The standard InChI is InChI=1S/C15H20N2O3S2/c1-11-4-3-5-13(8-11)22(19,20)17-10-21-9-14(17)15(18)16(2)12-6-7-12/h3-5,8,12,14H,6-7,9-10H2,1-2H3/t14-/m1/s1. The van der Waals surface area contributed by atoms with E-state index in [1.54, 1.807) is 30.1 Å². The molecule has 1 aliphatic heterocycles. The van der Waals surface area contributed by atoms with Crippen molar-refractivity contribution in [1.82, 2.24) is 9.21 Å². The van der Waals surface area contributed by atoms with Gasteiger partial charge in [0.15, 0.2) is 0 Å². The zero-order valence-corrected chi connectivity index (χ0v) is 14.4. The van der Waals surface area contributed by atoms with Gasteiger partial charge in [-0.25, -0.2) is 8.42 Å². The van der Waals surface area contributed by atoms with Crippen LogP contribution in [-0.4, -0.2) is 54.3 Å². The number of amides is 1. The van der Waals surface area contributed by atoms with Gasteiger partial charge < -0.3 is 4.90 Å². The van der Waals surface area contributed by atoms with Crippen LogP contribution in [0.2, 0.25) is 0 Å². The summed E-state index contributed by atoms with van der Waals surface area (Å²) in [7, 11) is -1.85. The first-order valence-corrected chi connectivity index (χ1v) is 9.93. The SMILES string of the molecule is Cc1cccc(S(=O)(=O)N2CSC[C@@H]2C(=O)N(C)C2CC2)c1. The lowest BCUT2D eigenvalue weighted by molar-refractivity contribution is -0.133. The number of rotatable bonds is 4. The Morgan fingerprint density at radius 3 is 2.73 bits per heavy atom. The molecule has 7 heteroatoms. The quantitative estimate of drug-likeness (QED) is 0.837. The van der Waals surface area contributed by atoms with Crippen LogP contribution in [0.1, 0.15) is 18.4 Å². The number of hydrogen-bond donors (Lipinski definition) is 0. The van der Waals surface area contributed by atoms with E-state index < -0.39 is 16.1 Å². The Balaban J connectivity index is 1.87. The molecule has 3 rings (SSSR count). The third-order valence-electron chi connectivity index (χ3n) is 4.17. The van der Waals surface area contributed by atoms with E-state index in [0.717, 1.165) is 18.4 Å². The molecule has 0 N–H and O–H groups in total. The van der Waals surface area contributed by atoms with Gasteiger partial charge in [-0.15, -0.1) is 11.8 Å². The van der Waals surface area contributed by atoms with Gasteiger partial charge in [-0.3, -0.25) is 4.79 Å². The number of aryl methyl sites for hydroxylation is 1. The average molecular weight is 340 g/mol. The second-order valence-electron chi connectivity index (χ2n) is 5.90. The van der Waals surface area contributed by atoms with Crippen molar-refractivity contribution in [2.75, 3.05) is 18.7 Å². The number of sulfonamides is 1. The lowest BCUT2D eigenvalue weighted by Crippen LogP contribution is -2.48. The first kappa shape index (κ1) is 15.8. The Bertz CT molecular complexity index is 686. The predicted molar refractivity (Wildman–Crippen MR) is 87.1 cm³/mol. The summed E-state index contributed by atoms with van der Waals surface area (Å²) in [4.78, 5) is 14.6. The lowest BCUT2D eigenvalue weighted by Gasteiger charge is -2.26. The fourth-order valence-electron chi connectivity index (χ4n) is 2.65. The van der Waals surface area contributed by atoms with Crippen LogP contribution in [0.15, 0.2) is 29.2 Å². The summed E-state index contributed by atoms with van der Waals surface area (Å²) in [5.41, 5.74) is 0.894. The fourth-order valence-corrected chi connectivity index (χ4v) is 5.89. The van der Waals surface area contributed by atoms with Gasteiger partial charge in [-0.05, 0) is 37.5 Å². The fraction of sp³-hybridized carbons (Fsp3) is 0.533. The van der Waals surface area contributed by atoms with Crippen LogP contribution in [0.25, 0.3) is 0 Å². The normalized spacial score (nSPS) is 22.7. The summed E-state index contributed by atoms with van der Waals surface area (Å²) in [6.45, 7) is 1.86. The molecule has 0 bridgehead atoms. The third-order valence-corrected chi connectivity index (χ3v) is 7.19. The Morgan fingerprint density at radius 2 is 2.09 bits per heavy atom. The zero-order valence-electron chi connectivity index (χ0n) is 12.7. The van der Waals surface area contributed by atoms with E-state index in [4.69, 9.17) is 0 Å². The molecule has 0 unspecified atom stereocenters. The molecule has 0 radical (unpaired) electrons. The Labute approximate surface area is 135 Å². The summed E-state index contributed by atoms with van der Waals surface area (Å²) in [5, 5.41) is 0. The third kappa shape index (κ3) is 2.89. The minimum absolute atomic E-state index is 0.0799.